The molecule has 0 saturated heterocycles. The first-order valence-corrected chi connectivity index (χ1v) is 12.6. The van der Waals surface area contributed by atoms with Crippen LogP contribution in [0.1, 0.15) is 5.56 Å². The first kappa shape index (κ1) is 23.6. The highest BCUT2D eigenvalue weighted by Crippen LogP contribution is 2.38. The molecule has 10 heteroatoms. The van der Waals surface area contributed by atoms with Gasteiger partial charge in [-0.25, -0.2) is 18.4 Å². The van der Waals surface area contributed by atoms with E-state index in [1.54, 1.807) is 53.2 Å². The van der Waals surface area contributed by atoms with Gasteiger partial charge in [0.25, 0.3) is 0 Å². The molecule has 0 saturated carbocycles. The van der Waals surface area contributed by atoms with Crippen molar-refractivity contribution in [2.75, 3.05) is 6.26 Å². The zero-order chi connectivity index (χ0) is 25.5. The Bertz CT molecular complexity index is 1640. The summed E-state index contributed by atoms with van der Waals surface area (Å²) in [4.78, 5) is 8.69. The quantitative estimate of drug-likeness (QED) is 0.279. The van der Waals surface area contributed by atoms with E-state index in [4.69, 9.17) is 4.42 Å². The predicted molar refractivity (Wildman–Crippen MR) is 128 cm³/mol. The van der Waals surface area contributed by atoms with Crippen LogP contribution in [0.5, 0.6) is 0 Å². The number of nitrogens with zero attached hydrogens (tertiary/aromatic N) is 3. The minimum absolute atomic E-state index is 0.0722. The van der Waals surface area contributed by atoms with E-state index in [1.165, 1.54) is 36.7 Å². The normalized spacial score (nSPS) is 12.1. The van der Waals surface area contributed by atoms with Gasteiger partial charge >= 0.3 is 6.18 Å². The van der Waals surface area contributed by atoms with E-state index in [0.717, 1.165) is 17.9 Å². The van der Waals surface area contributed by atoms with Crippen LogP contribution in [0.3, 0.4) is 0 Å². The molecule has 0 unspecified atom stereocenters. The lowest BCUT2D eigenvalue weighted by Crippen LogP contribution is -2.08. The van der Waals surface area contributed by atoms with Gasteiger partial charge in [0.1, 0.15) is 17.8 Å². The topological polar surface area (TPSA) is 78.0 Å². The van der Waals surface area contributed by atoms with E-state index in [9.17, 15) is 21.6 Å². The molecule has 0 aliphatic carbocycles. The average Bonchev–Trinajstić information content (AvgIpc) is 3.54. The first-order valence-electron chi connectivity index (χ1n) is 10.7. The van der Waals surface area contributed by atoms with Crippen molar-refractivity contribution in [2.24, 2.45) is 0 Å². The molecule has 3 aromatic carbocycles. The number of rotatable bonds is 5. The summed E-state index contributed by atoms with van der Waals surface area (Å²) in [6, 6.07) is 18.7. The zero-order valence-electron chi connectivity index (χ0n) is 18.8. The molecule has 182 valence electrons. The second-order valence-corrected chi connectivity index (χ2v) is 10.1. The molecule has 5 rings (SSSR count). The molecule has 6 nitrogen and oxygen atoms in total. The Labute approximate surface area is 204 Å². The molecule has 0 spiro atoms. The van der Waals surface area contributed by atoms with E-state index in [1.807, 2.05) is 0 Å². The van der Waals surface area contributed by atoms with Gasteiger partial charge in [0, 0.05) is 23.7 Å². The second-order valence-electron chi connectivity index (χ2n) is 8.05. The van der Waals surface area contributed by atoms with Crippen molar-refractivity contribution in [3.63, 3.8) is 0 Å². The van der Waals surface area contributed by atoms with Crippen molar-refractivity contribution in [3.05, 3.63) is 97.0 Å². The number of hydrogen-bond donors (Lipinski definition) is 0. The minimum atomic E-state index is -4.58. The van der Waals surface area contributed by atoms with E-state index >= 15 is 0 Å². The summed E-state index contributed by atoms with van der Waals surface area (Å²) in [7, 11) is -3.37. The van der Waals surface area contributed by atoms with Crippen LogP contribution < -0.4 is 0 Å². The molecule has 0 aliphatic heterocycles. The number of hydrogen-bond acceptors (Lipinski definition) is 5. The van der Waals surface area contributed by atoms with Crippen molar-refractivity contribution < 1.29 is 26.0 Å². The molecular formula is C26H18F3N3O3S. The highest BCUT2D eigenvalue weighted by atomic mass is 32.2. The largest absolute Gasteiger partial charge is 0.443 e. The number of alkyl halides is 3. The minimum Gasteiger partial charge on any atom is -0.443 e. The van der Waals surface area contributed by atoms with E-state index in [0.29, 0.717) is 11.3 Å². The van der Waals surface area contributed by atoms with Gasteiger partial charge in [0.05, 0.1) is 16.7 Å². The van der Waals surface area contributed by atoms with Gasteiger partial charge in [-0.05, 0) is 41.5 Å². The van der Waals surface area contributed by atoms with Gasteiger partial charge in [0.2, 0.25) is 5.89 Å². The molecule has 0 amide bonds. The van der Waals surface area contributed by atoms with Gasteiger partial charge in [0.15, 0.2) is 9.84 Å². The summed E-state index contributed by atoms with van der Waals surface area (Å²) in [6.45, 7) is 0. The van der Waals surface area contributed by atoms with Crippen molar-refractivity contribution in [1.82, 2.24) is 14.5 Å². The van der Waals surface area contributed by atoms with Crippen molar-refractivity contribution >= 4 is 9.84 Å². The van der Waals surface area contributed by atoms with Crippen molar-refractivity contribution in [2.45, 2.75) is 11.1 Å². The smallest absolute Gasteiger partial charge is 0.417 e. The summed E-state index contributed by atoms with van der Waals surface area (Å²) in [5, 5.41) is 0. The lowest BCUT2D eigenvalue weighted by atomic mass is 10.0. The highest BCUT2D eigenvalue weighted by molar-refractivity contribution is 7.90. The third kappa shape index (κ3) is 4.55. The fraction of sp³-hybridized carbons (Fsp3) is 0.0769. The lowest BCUT2D eigenvalue weighted by molar-refractivity contribution is -0.137. The molecule has 5 aromatic rings. The highest BCUT2D eigenvalue weighted by Gasteiger charge is 2.34. The van der Waals surface area contributed by atoms with Gasteiger partial charge in [-0.1, -0.05) is 42.5 Å². The molecule has 0 atom stereocenters. The molecule has 0 radical (unpaired) electrons. The molecule has 0 fully saturated rings. The number of aromatic nitrogens is 3. The maximum Gasteiger partial charge on any atom is 0.417 e. The third-order valence-electron chi connectivity index (χ3n) is 5.57. The lowest BCUT2D eigenvalue weighted by Gasteiger charge is -2.14. The van der Waals surface area contributed by atoms with Crippen molar-refractivity contribution in [3.8, 4) is 39.8 Å². The van der Waals surface area contributed by atoms with Gasteiger partial charge in [-0.15, -0.1) is 0 Å². The van der Waals surface area contributed by atoms with Crippen LogP contribution >= 0.6 is 0 Å². The summed E-state index contributed by atoms with van der Waals surface area (Å²) >= 11 is 0. The fourth-order valence-corrected chi connectivity index (χ4v) is 4.53. The Kier molecular flexibility index (Phi) is 5.76. The molecule has 2 heterocycles. The monoisotopic (exact) mass is 509 g/mol. The molecular weight excluding hydrogens is 491 g/mol. The molecule has 0 bridgehead atoms. The summed E-state index contributed by atoms with van der Waals surface area (Å²) in [6.07, 6.45) is 0.910. The Hall–Kier alpha value is -4.18. The average molecular weight is 510 g/mol. The Morgan fingerprint density at radius 2 is 1.67 bits per heavy atom. The van der Waals surface area contributed by atoms with Crippen LogP contribution in [-0.4, -0.2) is 29.2 Å². The van der Waals surface area contributed by atoms with E-state index in [-0.39, 0.29) is 27.9 Å². The Morgan fingerprint density at radius 3 is 2.33 bits per heavy atom. The second kappa shape index (κ2) is 8.80. The number of imidazole rings is 1. The summed E-state index contributed by atoms with van der Waals surface area (Å²) in [5.74, 6) is 0.247. The number of oxazole rings is 1. The van der Waals surface area contributed by atoms with Gasteiger partial charge < -0.3 is 4.42 Å². The fourth-order valence-electron chi connectivity index (χ4n) is 3.87. The van der Waals surface area contributed by atoms with Crippen LogP contribution in [0.4, 0.5) is 13.2 Å². The van der Waals surface area contributed by atoms with Crippen LogP contribution in [0.15, 0.2) is 101 Å². The standard InChI is InChI=1S/C26H18F3N3O3S/c1-36(33,34)20-6-4-5-18(15-20)17-9-11-19(12-10-17)32-16-23(25-30-13-14-35-25)31-24(32)21-7-2-3-8-22(21)26(27,28)29/h2-16H,1H3. The number of sulfone groups is 1. The summed E-state index contributed by atoms with van der Waals surface area (Å²) < 4.78 is 72.1. The number of halogens is 3. The van der Waals surface area contributed by atoms with E-state index < -0.39 is 21.6 Å². The Morgan fingerprint density at radius 1 is 0.917 bits per heavy atom. The zero-order valence-corrected chi connectivity index (χ0v) is 19.6. The van der Waals surface area contributed by atoms with Crippen molar-refractivity contribution in [1.29, 1.82) is 0 Å². The molecule has 0 aliphatic rings. The SMILES string of the molecule is CS(=O)(=O)c1cccc(-c2ccc(-n3cc(-c4ncco4)nc3-c3ccccc3C(F)(F)F)cc2)c1. The Balaban J connectivity index is 1.63. The maximum absolute atomic E-state index is 13.8. The van der Waals surface area contributed by atoms with Crippen LogP contribution in [0, 0.1) is 0 Å². The van der Waals surface area contributed by atoms with Crippen LogP contribution in [0.2, 0.25) is 0 Å². The van der Waals surface area contributed by atoms with Gasteiger partial charge in [-0.2, -0.15) is 13.2 Å². The maximum atomic E-state index is 13.8. The number of benzene rings is 3. The summed E-state index contributed by atoms with van der Waals surface area (Å²) in [5.41, 5.74) is 1.36. The molecule has 0 N–H and O–H groups in total. The predicted octanol–water partition coefficient (Wildman–Crippen LogP) is 6.28. The molecule has 36 heavy (non-hydrogen) atoms. The molecule has 2 aromatic heterocycles. The van der Waals surface area contributed by atoms with Gasteiger partial charge in [-0.3, -0.25) is 4.57 Å². The first-order chi connectivity index (χ1) is 17.1. The van der Waals surface area contributed by atoms with Crippen LogP contribution in [-0.2, 0) is 16.0 Å². The third-order valence-corrected chi connectivity index (χ3v) is 6.68. The van der Waals surface area contributed by atoms with E-state index in [2.05, 4.69) is 9.97 Å². The van der Waals surface area contributed by atoms with Crippen LogP contribution in [0.25, 0.3) is 39.8 Å².